The molecular weight excluding hydrogens is 406 g/mol. The van der Waals surface area contributed by atoms with Crippen LogP contribution in [0.1, 0.15) is 54.8 Å². The maximum absolute atomic E-state index is 5.70. The minimum atomic E-state index is 0.0226. The number of hydrogen-bond acceptors (Lipinski definition) is 9. The Hall–Kier alpha value is -3.82. The van der Waals surface area contributed by atoms with Gasteiger partial charge >= 0.3 is 0 Å². The van der Waals surface area contributed by atoms with Crippen molar-refractivity contribution >= 4 is 17.6 Å². The first kappa shape index (κ1) is 18.9. The SMILES string of the molecule is Cc1cc(Nc2cc(C3CC3)[nH]n2)nc(N2CCCC2c2cc(-c3cnccn3)no2)n1. The van der Waals surface area contributed by atoms with Crippen LogP contribution in [-0.2, 0) is 0 Å². The van der Waals surface area contributed by atoms with Crippen molar-refractivity contribution in [1.82, 2.24) is 35.3 Å². The largest absolute Gasteiger partial charge is 0.358 e. The van der Waals surface area contributed by atoms with Gasteiger partial charge in [-0.1, -0.05) is 5.16 Å². The highest BCUT2D eigenvalue weighted by atomic mass is 16.5. The summed E-state index contributed by atoms with van der Waals surface area (Å²) in [6, 6.07) is 5.95. The van der Waals surface area contributed by atoms with E-state index in [0.717, 1.165) is 42.5 Å². The van der Waals surface area contributed by atoms with Crippen LogP contribution in [0, 0.1) is 6.92 Å². The maximum atomic E-state index is 5.70. The van der Waals surface area contributed by atoms with Crippen LogP contribution in [0.25, 0.3) is 11.4 Å². The third-order valence-corrected chi connectivity index (χ3v) is 5.91. The first-order valence-electron chi connectivity index (χ1n) is 10.9. The molecule has 2 N–H and O–H groups in total. The molecule has 1 aliphatic carbocycles. The van der Waals surface area contributed by atoms with Gasteiger partial charge in [-0.15, -0.1) is 0 Å². The van der Waals surface area contributed by atoms with Gasteiger partial charge in [0.25, 0.3) is 0 Å². The van der Waals surface area contributed by atoms with Crippen molar-refractivity contribution in [2.45, 2.75) is 44.6 Å². The van der Waals surface area contributed by atoms with Crippen molar-refractivity contribution in [3.8, 4) is 11.4 Å². The molecule has 0 radical (unpaired) electrons. The summed E-state index contributed by atoms with van der Waals surface area (Å²) in [6.45, 7) is 2.82. The summed E-state index contributed by atoms with van der Waals surface area (Å²) in [5.41, 5.74) is 3.44. The minimum absolute atomic E-state index is 0.0226. The van der Waals surface area contributed by atoms with Crippen LogP contribution in [0.3, 0.4) is 0 Å². The van der Waals surface area contributed by atoms with Gasteiger partial charge in [0.2, 0.25) is 5.95 Å². The lowest BCUT2D eigenvalue weighted by molar-refractivity contribution is 0.362. The van der Waals surface area contributed by atoms with Crippen molar-refractivity contribution in [3.05, 3.63) is 53.9 Å². The molecule has 10 nitrogen and oxygen atoms in total. The number of rotatable bonds is 6. The van der Waals surface area contributed by atoms with Crippen molar-refractivity contribution in [1.29, 1.82) is 0 Å². The third-order valence-electron chi connectivity index (χ3n) is 5.91. The highest BCUT2D eigenvalue weighted by Gasteiger charge is 2.32. The Bertz CT molecular complexity index is 1230. The molecule has 5 heterocycles. The van der Waals surface area contributed by atoms with Crippen molar-refractivity contribution in [3.63, 3.8) is 0 Å². The Kier molecular flexibility index (Phi) is 4.55. The lowest BCUT2D eigenvalue weighted by Crippen LogP contribution is -2.25. The zero-order valence-electron chi connectivity index (χ0n) is 17.7. The number of H-pyrrole nitrogens is 1. The second kappa shape index (κ2) is 7.70. The van der Waals surface area contributed by atoms with E-state index >= 15 is 0 Å². The normalized spacial score (nSPS) is 18.3. The Morgan fingerprint density at radius 3 is 2.84 bits per heavy atom. The van der Waals surface area contributed by atoms with Crippen LogP contribution in [0.5, 0.6) is 0 Å². The van der Waals surface area contributed by atoms with E-state index in [2.05, 4.69) is 41.6 Å². The minimum Gasteiger partial charge on any atom is -0.358 e. The lowest BCUT2D eigenvalue weighted by Gasteiger charge is -2.23. The molecule has 6 rings (SSSR count). The van der Waals surface area contributed by atoms with Gasteiger partial charge < -0.3 is 14.7 Å². The van der Waals surface area contributed by atoms with E-state index in [1.165, 1.54) is 18.5 Å². The van der Waals surface area contributed by atoms with Gasteiger partial charge in [-0.25, -0.2) is 4.98 Å². The molecule has 32 heavy (non-hydrogen) atoms. The quantitative estimate of drug-likeness (QED) is 0.469. The van der Waals surface area contributed by atoms with Crippen molar-refractivity contribution < 1.29 is 4.52 Å². The van der Waals surface area contributed by atoms with Gasteiger partial charge in [-0.05, 0) is 32.6 Å². The van der Waals surface area contributed by atoms with Gasteiger partial charge in [0.1, 0.15) is 17.2 Å². The Balaban J connectivity index is 1.25. The van der Waals surface area contributed by atoms with E-state index in [9.17, 15) is 0 Å². The molecule has 1 atom stereocenters. The van der Waals surface area contributed by atoms with E-state index < -0.39 is 0 Å². The van der Waals surface area contributed by atoms with Gasteiger partial charge in [0.15, 0.2) is 11.6 Å². The predicted molar refractivity (Wildman–Crippen MR) is 117 cm³/mol. The number of nitrogens with one attached hydrogen (secondary N) is 2. The predicted octanol–water partition coefficient (Wildman–Crippen LogP) is 3.92. The summed E-state index contributed by atoms with van der Waals surface area (Å²) in [4.78, 5) is 20.1. The number of aromatic amines is 1. The van der Waals surface area contributed by atoms with Crippen LogP contribution in [0.4, 0.5) is 17.6 Å². The van der Waals surface area contributed by atoms with Gasteiger partial charge in [-0.3, -0.25) is 15.1 Å². The molecule has 0 bridgehead atoms. The van der Waals surface area contributed by atoms with Crippen LogP contribution in [-0.4, -0.2) is 41.8 Å². The van der Waals surface area contributed by atoms with E-state index in [0.29, 0.717) is 23.3 Å². The van der Waals surface area contributed by atoms with E-state index in [1.54, 1.807) is 18.6 Å². The Labute approximate surface area is 184 Å². The average molecular weight is 429 g/mol. The molecular formula is C22H23N9O. The molecule has 0 aromatic carbocycles. The molecule has 162 valence electrons. The lowest BCUT2D eigenvalue weighted by atomic mass is 10.1. The maximum Gasteiger partial charge on any atom is 0.228 e. The summed E-state index contributed by atoms with van der Waals surface area (Å²) in [7, 11) is 0. The number of aromatic nitrogens is 7. The fourth-order valence-corrected chi connectivity index (χ4v) is 4.18. The fourth-order valence-electron chi connectivity index (χ4n) is 4.18. The topological polar surface area (TPSA) is 122 Å². The molecule has 1 aliphatic heterocycles. The van der Waals surface area contributed by atoms with Crippen LogP contribution in [0.2, 0.25) is 0 Å². The standard InChI is InChI=1S/C22H23N9O/c1-13-9-20(26-21-11-15(28-29-21)14-4-5-14)27-22(25-13)31-8-2-3-18(31)19-10-16(30-32-19)17-12-23-6-7-24-17/h6-7,9-12,14,18H,2-5,8H2,1H3,(H2,25,26,27,28,29). The fraction of sp³-hybridized carbons (Fsp3) is 0.364. The second-order valence-corrected chi connectivity index (χ2v) is 8.36. The molecule has 10 heteroatoms. The van der Waals surface area contributed by atoms with Crippen molar-refractivity contribution in [2.24, 2.45) is 0 Å². The zero-order valence-corrected chi connectivity index (χ0v) is 17.7. The summed E-state index contributed by atoms with van der Waals surface area (Å²) >= 11 is 0. The monoisotopic (exact) mass is 429 g/mol. The smallest absolute Gasteiger partial charge is 0.228 e. The molecule has 4 aromatic rings. The average Bonchev–Trinajstić information content (AvgIpc) is 3.20. The summed E-state index contributed by atoms with van der Waals surface area (Å²) in [6.07, 6.45) is 9.39. The third kappa shape index (κ3) is 3.68. The Morgan fingerprint density at radius 1 is 1.06 bits per heavy atom. The zero-order chi connectivity index (χ0) is 21.5. The number of nitrogens with zero attached hydrogens (tertiary/aromatic N) is 7. The van der Waals surface area contributed by atoms with E-state index in [-0.39, 0.29) is 6.04 Å². The number of aryl methyl sites for hydroxylation is 1. The molecule has 0 spiro atoms. The van der Waals surface area contributed by atoms with Crippen LogP contribution < -0.4 is 10.2 Å². The highest BCUT2D eigenvalue weighted by Crippen LogP contribution is 2.40. The summed E-state index contributed by atoms with van der Waals surface area (Å²) in [5, 5.41) is 15.0. The van der Waals surface area contributed by atoms with E-state index in [1.807, 2.05) is 19.1 Å². The van der Waals surface area contributed by atoms with Gasteiger partial charge in [0.05, 0.1) is 12.2 Å². The summed E-state index contributed by atoms with van der Waals surface area (Å²) < 4.78 is 5.70. The van der Waals surface area contributed by atoms with Crippen molar-refractivity contribution in [2.75, 3.05) is 16.8 Å². The number of anilines is 3. The molecule has 1 saturated heterocycles. The van der Waals surface area contributed by atoms with Gasteiger partial charge in [-0.2, -0.15) is 10.1 Å². The summed E-state index contributed by atoms with van der Waals surface area (Å²) in [5.74, 6) is 3.58. The second-order valence-electron chi connectivity index (χ2n) is 8.36. The molecule has 1 unspecified atom stereocenters. The molecule has 1 saturated carbocycles. The molecule has 2 aliphatic rings. The highest BCUT2D eigenvalue weighted by molar-refractivity contribution is 5.56. The number of hydrogen-bond donors (Lipinski definition) is 2. The first-order chi connectivity index (χ1) is 15.7. The van der Waals surface area contributed by atoms with Crippen LogP contribution >= 0.6 is 0 Å². The van der Waals surface area contributed by atoms with Crippen LogP contribution in [0.15, 0.2) is 41.3 Å². The van der Waals surface area contributed by atoms with E-state index in [4.69, 9.17) is 14.5 Å². The molecule has 4 aromatic heterocycles. The first-order valence-corrected chi connectivity index (χ1v) is 10.9. The van der Waals surface area contributed by atoms with Gasteiger partial charge in [0, 0.05) is 54.4 Å². The molecule has 0 amide bonds. The molecule has 2 fully saturated rings. The Morgan fingerprint density at radius 2 is 2.00 bits per heavy atom.